The summed E-state index contributed by atoms with van der Waals surface area (Å²) in [5.74, 6) is 0.711. The standard InChI is InChI=1S/C10H21NO2/c12-6-1-2-7-13-9-10-4-3-5-11-8-10/h10-12H,1-9H2. The van der Waals surface area contributed by atoms with Gasteiger partial charge in [-0.2, -0.15) is 0 Å². The number of ether oxygens (including phenoxy) is 1. The molecular formula is C10H21NO2. The van der Waals surface area contributed by atoms with Crippen LogP contribution in [0.15, 0.2) is 0 Å². The van der Waals surface area contributed by atoms with Crippen molar-refractivity contribution in [2.75, 3.05) is 32.9 Å². The van der Waals surface area contributed by atoms with Crippen LogP contribution in [0.5, 0.6) is 0 Å². The van der Waals surface area contributed by atoms with Crippen LogP contribution in [0.4, 0.5) is 0 Å². The number of rotatable bonds is 6. The highest BCUT2D eigenvalue weighted by atomic mass is 16.5. The minimum Gasteiger partial charge on any atom is -0.396 e. The largest absolute Gasteiger partial charge is 0.396 e. The predicted molar refractivity (Wildman–Crippen MR) is 52.7 cm³/mol. The van der Waals surface area contributed by atoms with Crippen LogP contribution >= 0.6 is 0 Å². The molecule has 0 radical (unpaired) electrons. The van der Waals surface area contributed by atoms with E-state index in [2.05, 4.69) is 5.32 Å². The first-order valence-corrected chi connectivity index (χ1v) is 5.33. The zero-order chi connectivity index (χ0) is 9.36. The van der Waals surface area contributed by atoms with Crippen molar-refractivity contribution in [2.45, 2.75) is 25.7 Å². The van der Waals surface area contributed by atoms with Crippen molar-refractivity contribution < 1.29 is 9.84 Å². The van der Waals surface area contributed by atoms with E-state index in [1.807, 2.05) is 0 Å². The topological polar surface area (TPSA) is 41.5 Å². The molecule has 3 nitrogen and oxygen atoms in total. The molecule has 0 aliphatic carbocycles. The van der Waals surface area contributed by atoms with Gasteiger partial charge in [0.15, 0.2) is 0 Å². The van der Waals surface area contributed by atoms with E-state index < -0.39 is 0 Å². The maximum absolute atomic E-state index is 8.55. The predicted octanol–water partition coefficient (Wildman–Crippen LogP) is 0.775. The molecule has 2 N–H and O–H groups in total. The summed E-state index contributed by atoms with van der Waals surface area (Å²) in [6.45, 7) is 4.25. The molecule has 1 atom stereocenters. The van der Waals surface area contributed by atoms with Gasteiger partial charge in [-0.1, -0.05) is 0 Å². The molecule has 0 aromatic heterocycles. The first kappa shape index (κ1) is 11.0. The lowest BCUT2D eigenvalue weighted by Gasteiger charge is -2.22. The summed E-state index contributed by atoms with van der Waals surface area (Å²) in [7, 11) is 0. The SMILES string of the molecule is OCCCCOCC1CCCNC1. The van der Waals surface area contributed by atoms with Crippen molar-refractivity contribution in [3.63, 3.8) is 0 Å². The number of piperidine rings is 1. The molecule has 1 rings (SSSR count). The van der Waals surface area contributed by atoms with Crippen LogP contribution in [0.2, 0.25) is 0 Å². The second kappa shape index (κ2) is 7.30. The van der Waals surface area contributed by atoms with Gasteiger partial charge in [0.25, 0.3) is 0 Å². The van der Waals surface area contributed by atoms with Gasteiger partial charge in [-0.05, 0) is 38.1 Å². The Bertz CT molecular complexity index is 113. The molecule has 0 aromatic carbocycles. The molecule has 1 heterocycles. The van der Waals surface area contributed by atoms with Crippen LogP contribution in [-0.4, -0.2) is 38.0 Å². The highest BCUT2D eigenvalue weighted by Gasteiger charge is 2.12. The van der Waals surface area contributed by atoms with Gasteiger partial charge >= 0.3 is 0 Å². The van der Waals surface area contributed by atoms with Crippen LogP contribution in [-0.2, 0) is 4.74 Å². The van der Waals surface area contributed by atoms with Crippen LogP contribution < -0.4 is 5.32 Å². The van der Waals surface area contributed by atoms with Crippen LogP contribution in [0.25, 0.3) is 0 Å². The Labute approximate surface area is 80.5 Å². The molecule has 78 valence electrons. The fourth-order valence-electron chi connectivity index (χ4n) is 1.63. The number of hydrogen-bond donors (Lipinski definition) is 2. The van der Waals surface area contributed by atoms with Crippen molar-refractivity contribution in [2.24, 2.45) is 5.92 Å². The molecule has 0 aromatic rings. The number of aliphatic hydroxyl groups excluding tert-OH is 1. The van der Waals surface area contributed by atoms with E-state index in [-0.39, 0.29) is 6.61 Å². The van der Waals surface area contributed by atoms with Crippen molar-refractivity contribution in [1.82, 2.24) is 5.32 Å². The third-order valence-electron chi connectivity index (χ3n) is 2.45. The van der Waals surface area contributed by atoms with E-state index in [1.165, 1.54) is 19.4 Å². The summed E-state index contributed by atoms with van der Waals surface area (Å²) in [5, 5.41) is 11.9. The molecule has 1 fully saturated rings. The normalized spacial score (nSPS) is 23.3. The average molecular weight is 187 g/mol. The highest BCUT2D eigenvalue weighted by Crippen LogP contribution is 2.09. The van der Waals surface area contributed by atoms with Gasteiger partial charge in [-0.3, -0.25) is 0 Å². The van der Waals surface area contributed by atoms with E-state index in [4.69, 9.17) is 9.84 Å². The van der Waals surface area contributed by atoms with Gasteiger partial charge in [-0.25, -0.2) is 0 Å². The summed E-state index contributed by atoms with van der Waals surface area (Å²) >= 11 is 0. The van der Waals surface area contributed by atoms with Gasteiger partial charge in [0.2, 0.25) is 0 Å². The molecule has 1 aliphatic rings. The minimum absolute atomic E-state index is 0.286. The second-order valence-corrected chi connectivity index (χ2v) is 3.72. The molecule has 0 spiro atoms. The van der Waals surface area contributed by atoms with Crippen molar-refractivity contribution in [1.29, 1.82) is 0 Å². The van der Waals surface area contributed by atoms with Gasteiger partial charge in [-0.15, -0.1) is 0 Å². The van der Waals surface area contributed by atoms with E-state index in [1.54, 1.807) is 0 Å². The minimum atomic E-state index is 0.286. The Hall–Kier alpha value is -0.120. The highest BCUT2D eigenvalue weighted by molar-refractivity contribution is 4.67. The molecule has 1 saturated heterocycles. The first-order valence-electron chi connectivity index (χ1n) is 5.33. The Morgan fingerprint density at radius 1 is 1.38 bits per heavy atom. The first-order chi connectivity index (χ1) is 6.43. The molecule has 0 saturated carbocycles. The third-order valence-corrected chi connectivity index (χ3v) is 2.45. The number of hydrogen-bond acceptors (Lipinski definition) is 3. The summed E-state index contributed by atoms with van der Waals surface area (Å²) in [5.41, 5.74) is 0. The van der Waals surface area contributed by atoms with Crippen LogP contribution in [0, 0.1) is 5.92 Å². The molecule has 3 heteroatoms. The van der Waals surface area contributed by atoms with E-state index in [0.717, 1.165) is 32.6 Å². The maximum Gasteiger partial charge on any atom is 0.0506 e. The van der Waals surface area contributed by atoms with Gasteiger partial charge in [0.05, 0.1) is 6.61 Å². The Morgan fingerprint density at radius 2 is 2.31 bits per heavy atom. The zero-order valence-electron chi connectivity index (χ0n) is 8.30. The molecule has 0 bridgehead atoms. The fraction of sp³-hybridized carbons (Fsp3) is 1.00. The Balaban J connectivity index is 1.86. The lowest BCUT2D eigenvalue weighted by molar-refractivity contribution is 0.0844. The third kappa shape index (κ3) is 5.24. The lowest BCUT2D eigenvalue weighted by atomic mass is 10.0. The van der Waals surface area contributed by atoms with Crippen molar-refractivity contribution in [3.05, 3.63) is 0 Å². The summed E-state index contributed by atoms with van der Waals surface area (Å²) in [6.07, 6.45) is 4.43. The smallest absolute Gasteiger partial charge is 0.0506 e. The number of unbranched alkanes of at least 4 members (excludes halogenated alkanes) is 1. The summed E-state index contributed by atoms with van der Waals surface area (Å²) in [6, 6.07) is 0. The number of nitrogens with one attached hydrogen (secondary N) is 1. The van der Waals surface area contributed by atoms with E-state index in [0.29, 0.717) is 5.92 Å². The van der Waals surface area contributed by atoms with Crippen molar-refractivity contribution in [3.8, 4) is 0 Å². The van der Waals surface area contributed by atoms with Gasteiger partial charge < -0.3 is 15.2 Å². The lowest BCUT2D eigenvalue weighted by Crippen LogP contribution is -2.32. The molecular weight excluding hydrogens is 166 g/mol. The molecule has 13 heavy (non-hydrogen) atoms. The van der Waals surface area contributed by atoms with Crippen LogP contribution in [0.3, 0.4) is 0 Å². The number of aliphatic hydroxyl groups is 1. The fourth-order valence-corrected chi connectivity index (χ4v) is 1.63. The van der Waals surface area contributed by atoms with Gasteiger partial charge in [0, 0.05) is 19.8 Å². The van der Waals surface area contributed by atoms with Crippen molar-refractivity contribution >= 4 is 0 Å². The zero-order valence-corrected chi connectivity index (χ0v) is 8.30. The Kier molecular flexibility index (Phi) is 6.15. The summed E-state index contributed by atoms with van der Waals surface area (Å²) in [4.78, 5) is 0. The summed E-state index contributed by atoms with van der Waals surface area (Å²) < 4.78 is 5.52. The quantitative estimate of drug-likeness (QED) is 0.604. The molecule has 0 amide bonds. The Morgan fingerprint density at radius 3 is 3.00 bits per heavy atom. The molecule has 1 aliphatic heterocycles. The maximum atomic E-state index is 8.55. The monoisotopic (exact) mass is 187 g/mol. The van der Waals surface area contributed by atoms with E-state index >= 15 is 0 Å². The molecule has 1 unspecified atom stereocenters. The average Bonchev–Trinajstić information content (AvgIpc) is 2.19. The van der Waals surface area contributed by atoms with Crippen LogP contribution in [0.1, 0.15) is 25.7 Å². The van der Waals surface area contributed by atoms with E-state index in [9.17, 15) is 0 Å². The second-order valence-electron chi connectivity index (χ2n) is 3.72. The van der Waals surface area contributed by atoms with Gasteiger partial charge in [0.1, 0.15) is 0 Å².